The summed E-state index contributed by atoms with van der Waals surface area (Å²) in [6, 6.07) is 19.2. The molecule has 0 fully saturated rings. The van der Waals surface area contributed by atoms with Crippen molar-refractivity contribution in [1.82, 2.24) is 0 Å². The Morgan fingerprint density at radius 3 is 2.20 bits per heavy atom. The molecule has 0 atom stereocenters. The highest BCUT2D eigenvalue weighted by atomic mass is 35.5. The molecule has 0 aliphatic carbocycles. The highest BCUT2D eigenvalue weighted by Crippen LogP contribution is 2.30. The highest BCUT2D eigenvalue weighted by Gasteiger charge is 2.12. The van der Waals surface area contributed by atoms with Gasteiger partial charge in [0.2, 0.25) is 5.91 Å². The number of carbonyl (C=O) groups is 2. The number of rotatable bonds is 7. The SMILES string of the molecule is COc1cc(C(=O)Nc2ccc(NC(C)=O)cc2)ccc1OCc1ccccc1Cl. The molecule has 0 bridgehead atoms. The predicted octanol–water partition coefficient (Wildman–Crippen LogP) is 5.14. The van der Waals surface area contributed by atoms with Gasteiger partial charge in [-0.3, -0.25) is 9.59 Å². The van der Waals surface area contributed by atoms with Gasteiger partial charge >= 0.3 is 0 Å². The average Bonchev–Trinajstić information content (AvgIpc) is 2.74. The van der Waals surface area contributed by atoms with Crippen molar-refractivity contribution in [2.75, 3.05) is 17.7 Å². The monoisotopic (exact) mass is 424 g/mol. The Bertz CT molecular complexity index is 1050. The molecule has 0 spiro atoms. The van der Waals surface area contributed by atoms with Crippen LogP contribution in [0.4, 0.5) is 11.4 Å². The van der Waals surface area contributed by atoms with Gasteiger partial charge in [-0.1, -0.05) is 29.8 Å². The largest absolute Gasteiger partial charge is 0.493 e. The van der Waals surface area contributed by atoms with Gasteiger partial charge < -0.3 is 20.1 Å². The molecule has 0 unspecified atom stereocenters. The molecule has 0 aromatic heterocycles. The van der Waals surface area contributed by atoms with Crippen molar-refractivity contribution in [3.8, 4) is 11.5 Å². The van der Waals surface area contributed by atoms with Crippen LogP contribution in [0.5, 0.6) is 11.5 Å². The molecule has 7 heteroatoms. The zero-order chi connectivity index (χ0) is 21.5. The van der Waals surface area contributed by atoms with Crippen molar-refractivity contribution in [3.05, 3.63) is 82.9 Å². The van der Waals surface area contributed by atoms with Gasteiger partial charge in [0.05, 0.1) is 7.11 Å². The second-order valence-corrected chi connectivity index (χ2v) is 6.87. The number of amides is 2. The summed E-state index contributed by atoms with van der Waals surface area (Å²) in [5.41, 5.74) is 2.53. The Morgan fingerprint density at radius 2 is 1.57 bits per heavy atom. The van der Waals surface area contributed by atoms with Crippen molar-refractivity contribution in [1.29, 1.82) is 0 Å². The molecule has 3 aromatic rings. The zero-order valence-electron chi connectivity index (χ0n) is 16.6. The quantitative estimate of drug-likeness (QED) is 0.550. The number of anilines is 2. The van der Waals surface area contributed by atoms with Gasteiger partial charge in [0.25, 0.3) is 5.91 Å². The van der Waals surface area contributed by atoms with E-state index >= 15 is 0 Å². The standard InChI is InChI=1S/C23H21ClN2O4/c1-15(27)25-18-8-10-19(11-9-18)26-23(28)16-7-12-21(22(13-16)29-2)30-14-17-5-3-4-6-20(17)24/h3-13H,14H2,1-2H3,(H,25,27)(H,26,28). The third-order valence-electron chi connectivity index (χ3n) is 4.23. The first-order valence-corrected chi connectivity index (χ1v) is 9.57. The van der Waals surface area contributed by atoms with Crippen LogP contribution in [0.2, 0.25) is 5.02 Å². The molecule has 0 heterocycles. The fourth-order valence-electron chi connectivity index (χ4n) is 2.74. The number of ether oxygens (including phenoxy) is 2. The summed E-state index contributed by atoms with van der Waals surface area (Å²) in [5.74, 6) is 0.498. The lowest BCUT2D eigenvalue weighted by atomic mass is 10.1. The summed E-state index contributed by atoms with van der Waals surface area (Å²) >= 11 is 6.16. The van der Waals surface area contributed by atoms with E-state index in [0.717, 1.165) is 5.56 Å². The van der Waals surface area contributed by atoms with E-state index in [-0.39, 0.29) is 18.4 Å². The highest BCUT2D eigenvalue weighted by molar-refractivity contribution is 6.31. The molecule has 0 saturated carbocycles. The van der Waals surface area contributed by atoms with Crippen molar-refractivity contribution in [2.45, 2.75) is 13.5 Å². The van der Waals surface area contributed by atoms with Crippen LogP contribution in [-0.4, -0.2) is 18.9 Å². The summed E-state index contributed by atoms with van der Waals surface area (Å²) in [5, 5.41) is 6.11. The van der Waals surface area contributed by atoms with Gasteiger partial charge in [-0.25, -0.2) is 0 Å². The minimum absolute atomic E-state index is 0.157. The van der Waals surface area contributed by atoms with Crippen molar-refractivity contribution >= 4 is 34.8 Å². The second-order valence-electron chi connectivity index (χ2n) is 6.46. The van der Waals surface area contributed by atoms with E-state index in [1.54, 1.807) is 48.5 Å². The van der Waals surface area contributed by atoms with Crippen molar-refractivity contribution < 1.29 is 19.1 Å². The van der Waals surface area contributed by atoms with Gasteiger partial charge in [-0.15, -0.1) is 0 Å². The van der Waals surface area contributed by atoms with E-state index in [1.165, 1.54) is 14.0 Å². The lowest BCUT2D eigenvalue weighted by molar-refractivity contribution is -0.114. The summed E-state index contributed by atoms with van der Waals surface area (Å²) in [4.78, 5) is 23.7. The minimum atomic E-state index is -0.293. The Kier molecular flexibility index (Phi) is 6.93. The molecule has 0 aliphatic heterocycles. The van der Waals surface area contributed by atoms with E-state index < -0.39 is 0 Å². The maximum atomic E-state index is 12.6. The van der Waals surface area contributed by atoms with Crippen LogP contribution in [0.15, 0.2) is 66.7 Å². The normalized spacial score (nSPS) is 10.2. The lowest BCUT2D eigenvalue weighted by Gasteiger charge is -2.13. The lowest BCUT2D eigenvalue weighted by Crippen LogP contribution is -2.12. The van der Waals surface area contributed by atoms with E-state index in [9.17, 15) is 9.59 Å². The third-order valence-corrected chi connectivity index (χ3v) is 4.60. The molecule has 0 radical (unpaired) electrons. The van der Waals surface area contributed by atoms with Gasteiger partial charge in [0.1, 0.15) is 6.61 Å². The first-order chi connectivity index (χ1) is 14.5. The molecule has 30 heavy (non-hydrogen) atoms. The molecule has 0 saturated heterocycles. The Hall–Kier alpha value is -3.51. The predicted molar refractivity (Wildman–Crippen MR) is 117 cm³/mol. The van der Waals surface area contributed by atoms with E-state index in [2.05, 4.69) is 10.6 Å². The number of hydrogen-bond acceptors (Lipinski definition) is 4. The van der Waals surface area contributed by atoms with Gasteiger partial charge in [-0.2, -0.15) is 0 Å². The van der Waals surface area contributed by atoms with Crippen LogP contribution in [-0.2, 0) is 11.4 Å². The maximum absolute atomic E-state index is 12.6. The number of halogens is 1. The van der Waals surface area contributed by atoms with E-state index in [1.807, 2.05) is 18.2 Å². The van der Waals surface area contributed by atoms with Crippen LogP contribution in [0.25, 0.3) is 0 Å². The zero-order valence-corrected chi connectivity index (χ0v) is 17.3. The van der Waals surface area contributed by atoms with Crippen LogP contribution in [0.3, 0.4) is 0 Å². The number of methoxy groups -OCH3 is 1. The first-order valence-electron chi connectivity index (χ1n) is 9.19. The van der Waals surface area contributed by atoms with Crippen LogP contribution in [0.1, 0.15) is 22.8 Å². The fourth-order valence-corrected chi connectivity index (χ4v) is 2.93. The summed E-state index contributed by atoms with van der Waals surface area (Å²) in [6.07, 6.45) is 0. The summed E-state index contributed by atoms with van der Waals surface area (Å²) in [7, 11) is 1.51. The molecule has 6 nitrogen and oxygen atoms in total. The number of nitrogens with one attached hydrogen (secondary N) is 2. The van der Waals surface area contributed by atoms with Crippen LogP contribution < -0.4 is 20.1 Å². The summed E-state index contributed by atoms with van der Waals surface area (Å²) in [6.45, 7) is 1.72. The third kappa shape index (κ3) is 5.52. The van der Waals surface area contributed by atoms with Crippen LogP contribution in [0, 0.1) is 0 Å². The fraction of sp³-hybridized carbons (Fsp3) is 0.130. The molecule has 3 rings (SSSR count). The minimum Gasteiger partial charge on any atom is -0.493 e. The van der Waals surface area contributed by atoms with E-state index in [0.29, 0.717) is 33.5 Å². The Balaban J connectivity index is 1.68. The van der Waals surface area contributed by atoms with Gasteiger partial charge in [0, 0.05) is 34.4 Å². The number of hydrogen-bond donors (Lipinski definition) is 2. The molecular formula is C23H21ClN2O4. The van der Waals surface area contributed by atoms with Crippen molar-refractivity contribution in [3.63, 3.8) is 0 Å². The number of carbonyl (C=O) groups excluding carboxylic acids is 2. The topological polar surface area (TPSA) is 76.7 Å². The number of benzene rings is 3. The van der Waals surface area contributed by atoms with Crippen LogP contribution >= 0.6 is 11.6 Å². The molecular weight excluding hydrogens is 404 g/mol. The Morgan fingerprint density at radius 1 is 0.900 bits per heavy atom. The molecule has 0 aliphatic rings. The van der Waals surface area contributed by atoms with Gasteiger partial charge in [0.15, 0.2) is 11.5 Å². The smallest absolute Gasteiger partial charge is 0.255 e. The molecule has 2 N–H and O–H groups in total. The molecule has 3 aromatic carbocycles. The van der Waals surface area contributed by atoms with Crippen molar-refractivity contribution in [2.24, 2.45) is 0 Å². The Labute approximate surface area is 179 Å². The summed E-state index contributed by atoms with van der Waals surface area (Å²) < 4.78 is 11.2. The molecule has 154 valence electrons. The second kappa shape index (κ2) is 9.80. The first kappa shape index (κ1) is 21.2. The van der Waals surface area contributed by atoms with Gasteiger partial charge in [-0.05, 0) is 48.5 Å². The average molecular weight is 425 g/mol. The maximum Gasteiger partial charge on any atom is 0.255 e. The molecule has 2 amide bonds. The van der Waals surface area contributed by atoms with E-state index in [4.69, 9.17) is 21.1 Å².